The van der Waals surface area contributed by atoms with E-state index in [2.05, 4.69) is 9.97 Å². The van der Waals surface area contributed by atoms with Gasteiger partial charge in [-0.15, -0.1) is 0 Å². The first-order valence-corrected chi connectivity index (χ1v) is 8.13. The van der Waals surface area contributed by atoms with Gasteiger partial charge in [-0.05, 0) is 42.0 Å². The van der Waals surface area contributed by atoms with Crippen molar-refractivity contribution in [2.45, 2.75) is 6.61 Å². The fraction of sp³-hybridized carbons (Fsp3) is 0.0952. The minimum Gasteiger partial charge on any atom is -0.497 e. The van der Waals surface area contributed by atoms with E-state index in [1.807, 2.05) is 72.8 Å². The van der Waals surface area contributed by atoms with Gasteiger partial charge in [-0.25, -0.2) is 4.98 Å². The highest BCUT2D eigenvalue weighted by molar-refractivity contribution is 5.79. The highest BCUT2D eigenvalue weighted by Gasteiger charge is 2.06. The number of hydrogen-bond donors (Lipinski definition) is 1. The van der Waals surface area contributed by atoms with Crippen LogP contribution in [0.1, 0.15) is 5.56 Å². The molecule has 3 aromatic carbocycles. The summed E-state index contributed by atoms with van der Waals surface area (Å²) in [4.78, 5) is 7.98. The number of nitrogens with zero attached hydrogens (tertiary/aromatic N) is 1. The number of para-hydroxylation sites is 2. The number of imidazole rings is 1. The van der Waals surface area contributed by atoms with Crippen molar-refractivity contribution in [3.63, 3.8) is 0 Å². The van der Waals surface area contributed by atoms with Crippen LogP contribution in [0.3, 0.4) is 0 Å². The number of methoxy groups -OCH3 is 1. The third-order valence-corrected chi connectivity index (χ3v) is 4.04. The minimum atomic E-state index is 0.487. The first kappa shape index (κ1) is 15.3. The SMILES string of the molecule is COc1cccc(COc2cccc(-c3nc4ccccc4[nH]3)c2)c1. The van der Waals surface area contributed by atoms with Crippen LogP contribution < -0.4 is 9.47 Å². The number of hydrogen-bond acceptors (Lipinski definition) is 3. The zero-order chi connectivity index (χ0) is 17.1. The van der Waals surface area contributed by atoms with Gasteiger partial charge in [0.1, 0.15) is 23.9 Å². The van der Waals surface area contributed by atoms with Gasteiger partial charge in [-0.2, -0.15) is 0 Å². The molecular formula is C21H18N2O2. The van der Waals surface area contributed by atoms with E-state index in [-0.39, 0.29) is 0 Å². The molecule has 124 valence electrons. The molecule has 0 atom stereocenters. The zero-order valence-electron chi connectivity index (χ0n) is 13.9. The number of nitrogens with one attached hydrogen (secondary N) is 1. The maximum absolute atomic E-state index is 5.93. The van der Waals surface area contributed by atoms with Gasteiger partial charge in [0.25, 0.3) is 0 Å². The summed E-state index contributed by atoms with van der Waals surface area (Å²) in [5.74, 6) is 2.48. The average Bonchev–Trinajstić information content (AvgIpc) is 3.11. The van der Waals surface area contributed by atoms with Crippen molar-refractivity contribution < 1.29 is 9.47 Å². The van der Waals surface area contributed by atoms with Crippen molar-refractivity contribution in [2.24, 2.45) is 0 Å². The first-order valence-electron chi connectivity index (χ1n) is 8.13. The van der Waals surface area contributed by atoms with Crippen molar-refractivity contribution in [1.29, 1.82) is 0 Å². The Balaban J connectivity index is 1.54. The number of benzene rings is 3. The van der Waals surface area contributed by atoms with Gasteiger partial charge < -0.3 is 14.5 Å². The van der Waals surface area contributed by atoms with Crippen LogP contribution >= 0.6 is 0 Å². The van der Waals surface area contributed by atoms with Gasteiger partial charge >= 0.3 is 0 Å². The van der Waals surface area contributed by atoms with Crippen molar-refractivity contribution in [3.8, 4) is 22.9 Å². The van der Waals surface area contributed by atoms with Crippen LogP contribution in [0.5, 0.6) is 11.5 Å². The van der Waals surface area contributed by atoms with Gasteiger partial charge in [0, 0.05) is 5.56 Å². The molecule has 0 aliphatic carbocycles. The van der Waals surface area contributed by atoms with Crippen LogP contribution in [-0.2, 0) is 6.61 Å². The topological polar surface area (TPSA) is 47.1 Å². The van der Waals surface area contributed by atoms with Crippen LogP contribution in [0.2, 0.25) is 0 Å². The van der Waals surface area contributed by atoms with E-state index in [4.69, 9.17) is 9.47 Å². The van der Waals surface area contributed by atoms with Crippen LogP contribution in [-0.4, -0.2) is 17.1 Å². The molecule has 4 aromatic rings. The smallest absolute Gasteiger partial charge is 0.138 e. The summed E-state index contributed by atoms with van der Waals surface area (Å²) in [6.45, 7) is 0.487. The van der Waals surface area contributed by atoms with E-state index in [9.17, 15) is 0 Å². The Morgan fingerprint density at radius 2 is 1.72 bits per heavy atom. The Bertz CT molecular complexity index is 974. The quantitative estimate of drug-likeness (QED) is 0.571. The predicted molar refractivity (Wildman–Crippen MR) is 98.9 cm³/mol. The minimum absolute atomic E-state index is 0.487. The number of rotatable bonds is 5. The Labute approximate surface area is 146 Å². The molecule has 1 heterocycles. The molecule has 0 radical (unpaired) electrons. The maximum Gasteiger partial charge on any atom is 0.138 e. The molecular weight excluding hydrogens is 312 g/mol. The molecule has 4 nitrogen and oxygen atoms in total. The van der Waals surface area contributed by atoms with Gasteiger partial charge in [0.15, 0.2) is 0 Å². The lowest BCUT2D eigenvalue weighted by Gasteiger charge is -2.08. The Morgan fingerprint density at radius 3 is 2.60 bits per heavy atom. The largest absolute Gasteiger partial charge is 0.497 e. The number of H-pyrrole nitrogens is 1. The Hall–Kier alpha value is -3.27. The van der Waals surface area contributed by atoms with Crippen molar-refractivity contribution >= 4 is 11.0 Å². The molecule has 1 N–H and O–H groups in total. The molecule has 0 saturated carbocycles. The lowest BCUT2D eigenvalue weighted by atomic mass is 10.2. The van der Waals surface area contributed by atoms with Crippen molar-refractivity contribution in [3.05, 3.63) is 78.4 Å². The van der Waals surface area contributed by atoms with E-state index in [0.717, 1.165) is 39.5 Å². The highest BCUT2D eigenvalue weighted by Crippen LogP contribution is 2.25. The summed E-state index contributed by atoms with van der Waals surface area (Å²) in [6, 6.07) is 23.8. The summed E-state index contributed by atoms with van der Waals surface area (Å²) >= 11 is 0. The molecule has 0 unspecified atom stereocenters. The van der Waals surface area contributed by atoms with Gasteiger partial charge in [0.05, 0.1) is 18.1 Å². The number of ether oxygens (including phenoxy) is 2. The van der Waals surface area contributed by atoms with Gasteiger partial charge in [-0.3, -0.25) is 0 Å². The van der Waals surface area contributed by atoms with E-state index in [1.165, 1.54) is 0 Å². The monoisotopic (exact) mass is 330 g/mol. The molecule has 25 heavy (non-hydrogen) atoms. The lowest BCUT2D eigenvalue weighted by Crippen LogP contribution is -1.96. The molecule has 0 fully saturated rings. The summed E-state index contributed by atoms with van der Waals surface area (Å²) in [5.41, 5.74) is 4.05. The molecule has 0 aliphatic heterocycles. The Morgan fingerprint density at radius 1 is 0.880 bits per heavy atom. The van der Waals surface area contributed by atoms with Crippen LogP contribution in [0.25, 0.3) is 22.4 Å². The summed E-state index contributed by atoms with van der Waals surface area (Å²) in [5, 5.41) is 0. The second kappa shape index (κ2) is 6.69. The Kier molecular flexibility index (Phi) is 4.09. The highest BCUT2D eigenvalue weighted by atomic mass is 16.5. The first-order chi connectivity index (χ1) is 12.3. The standard InChI is InChI=1S/C21H18N2O2/c1-24-17-8-4-6-15(12-17)14-25-18-9-5-7-16(13-18)21-22-19-10-2-3-11-20(19)23-21/h2-13H,14H2,1H3,(H,22,23). The fourth-order valence-electron chi connectivity index (χ4n) is 2.75. The molecule has 4 heteroatoms. The average molecular weight is 330 g/mol. The van der Waals surface area contributed by atoms with Gasteiger partial charge in [-0.1, -0.05) is 36.4 Å². The number of aromatic amines is 1. The van der Waals surface area contributed by atoms with Crippen LogP contribution in [0.15, 0.2) is 72.8 Å². The molecule has 4 rings (SSSR count). The third kappa shape index (κ3) is 3.33. The third-order valence-electron chi connectivity index (χ3n) is 4.04. The predicted octanol–water partition coefficient (Wildman–Crippen LogP) is 4.82. The van der Waals surface area contributed by atoms with E-state index in [0.29, 0.717) is 6.61 Å². The zero-order valence-corrected chi connectivity index (χ0v) is 13.9. The molecule has 0 bridgehead atoms. The maximum atomic E-state index is 5.93. The van der Waals surface area contributed by atoms with Gasteiger partial charge in [0.2, 0.25) is 0 Å². The van der Waals surface area contributed by atoms with Crippen molar-refractivity contribution in [1.82, 2.24) is 9.97 Å². The normalized spacial score (nSPS) is 10.8. The number of fused-ring (bicyclic) bond motifs is 1. The molecule has 0 saturated heterocycles. The van der Waals surface area contributed by atoms with Crippen LogP contribution in [0, 0.1) is 0 Å². The van der Waals surface area contributed by atoms with Crippen LogP contribution in [0.4, 0.5) is 0 Å². The molecule has 1 aromatic heterocycles. The lowest BCUT2D eigenvalue weighted by molar-refractivity contribution is 0.305. The molecule has 0 aliphatic rings. The van der Waals surface area contributed by atoms with Crippen molar-refractivity contribution in [2.75, 3.05) is 7.11 Å². The second-order valence-electron chi connectivity index (χ2n) is 5.77. The summed E-state index contributed by atoms with van der Waals surface area (Å²) in [7, 11) is 1.66. The fourth-order valence-corrected chi connectivity index (χ4v) is 2.75. The van der Waals surface area contributed by atoms with E-state index < -0.39 is 0 Å². The summed E-state index contributed by atoms with van der Waals surface area (Å²) < 4.78 is 11.2. The second-order valence-corrected chi connectivity index (χ2v) is 5.77. The number of aromatic nitrogens is 2. The van der Waals surface area contributed by atoms with E-state index >= 15 is 0 Å². The molecule has 0 amide bonds. The van der Waals surface area contributed by atoms with E-state index in [1.54, 1.807) is 7.11 Å². The molecule has 0 spiro atoms. The summed E-state index contributed by atoms with van der Waals surface area (Å²) in [6.07, 6.45) is 0.